The van der Waals surface area contributed by atoms with Gasteiger partial charge in [0.1, 0.15) is 60.4 Å². The second-order valence-corrected chi connectivity index (χ2v) is 26.2. The molecule has 2 heterocycles. The number of aliphatic hydroxyl groups is 1. The second-order valence-electron chi connectivity index (χ2n) is 26.2. The van der Waals surface area contributed by atoms with Crippen molar-refractivity contribution in [2.45, 2.75) is 216 Å². The molecule has 5 N–H and O–H groups in total. The molecular weight excluding hydrogens is 1080 g/mol. The molecule has 2 fully saturated rings. The number of ether oxygens (including phenoxy) is 1. The highest BCUT2D eigenvalue weighted by Gasteiger charge is 2.47. The van der Waals surface area contributed by atoms with Crippen molar-refractivity contribution in [1.82, 2.24) is 55.6 Å². The first-order valence-corrected chi connectivity index (χ1v) is 30.1. The fourth-order valence-corrected chi connectivity index (χ4v) is 11.0. The summed E-state index contributed by atoms with van der Waals surface area (Å²) >= 11 is 0. The number of hydrogen-bond acceptors (Lipinski definition) is 13. The largest absolute Gasteiger partial charge is 0.391 e. The Morgan fingerprint density at radius 2 is 0.857 bits per heavy atom. The summed E-state index contributed by atoms with van der Waals surface area (Å²) in [5, 5.41) is 22.0. The lowest BCUT2D eigenvalue weighted by Crippen LogP contribution is -2.64. The van der Waals surface area contributed by atoms with Crippen molar-refractivity contribution in [1.29, 1.82) is 0 Å². The molecule has 0 saturated carbocycles. The molecule has 0 bridgehead atoms. The van der Waals surface area contributed by atoms with Gasteiger partial charge in [-0.05, 0) is 94.3 Å². The number of nitrogens with zero attached hydrogens (tertiary/aromatic N) is 7. The Labute approximate surface area is 500 Å². The standard InChI is InChI=1S/C60H107N11O13/c1-31(2)26-41-53(76)63-46(35(9)10)59(82)67(19)42(27-32(3)4)52(75)61-38(14)51(74)62-39(15)55(78)68(20)43(28-33(5)6)56(79)69(21)44(29-34(7)8)57(80)70(22)48(36(11)12)60(83)71(23)49(50-37(13)24-25-84-50)54(77)64-47(40(16)72)58(81)65(17)30-45(73)66(41)18/h31-44,46-50,72H,24-30H2,1-23H3,(H,61,75)(H,62,74)(H,63,76)(H,64,77)/t37-,38-,39+,40-,41+,42-,43-,44-,46-,47-,48-,49-,50-/m1/s1. The Balaban J connectivity index is 2.95. The summed E-state index contributed by atoms with van der Waals surface area (Å²) < 4.78 is 6.12. The van der Waals surface area contributed by atoms with E-state index in [4.69, 9.17) is 4.74 Å². The van der Waals surface area contributed by atoms with Gasteiger partial charge in [-0.2, -0.15) is 0 Å². The molecule has 0 spiro atoms. The molecule has 84 heavy (non-hydrogen) atoms. The predicted octanol–water partition coefficient (Wildman–Crippen LogP) is 1.70. The van der Waals surface area contributed by atoms with Gasteiger partial charge < -0.3 is 65.4 Å². The van der Waals surface area contributed by atoms with Gasteiger partial charge in [0, 0.05) is 55.9 Å². The summed E-state index contributed by atoms with van der Waals surface area (Å²) in [6.07, 6.45) is -1.30. The maximum absolute atomic E-state index is 15.1. The van der Waals surface area contributed by atoms with Crippen molar-refractivity contribution < 1.29 is 62.6 Å². The van der Waals surface area contributed by atoms with Crippen LogP contribution in [0.5, 0.6) is 0 Å². The number of aliphatic hydroxyl groups excluding tert-OH is 1. The summed E-state index contributed by atoms with van der Waals surface area (Å²) in [6, 6.07) is -12.5. The van der Waals surface area contributed by atoms with Gasteiger partial charge in [0.05, 0.1) is 18.8 Å². The van der Waals surface area contributed by atoms with Crippen LogP contribution in [-0.2, 0) is 57.5 Å². The van der Waals surface area contributed by atoms with Gasteiger partial charge in [-0.25, -0.2) is 0 Å². The SMILES string of the molecule is CC(C)C[C@@H]1C(=O)N(C)[C@H](CC(C)C)C(=O)N(C)[C@H](C(C)C)C(=O)N(C)[C@H]([C@@H]2OCC[C@H]2C)C(=O)N[C@H]([C@@H](C)O)C(=O)N(C)CC(=O)N(C)[C@@H](CC(C)C)C(=O)N[C@H](C(C)C)C(=O)N(C)[C@H](CC(C)C)C(=O)N[C@H](C)C(=O)N[C@@H](C)C(=O)N1C. The smallest absolute Gasteiger partial charge is 0.248 e. The fourth-order valence-electron chi connectivity index (χ4n) is 11.0. The molecule has 2 aliphatic rings. The van der Waals surface area contributed by atoms with E-state index in [-0.39, 0.29) is 61.9 Å². The summed E-state index contributed by atoms with van der Waals surface area (Å²) in [5.41, 5.74) is 0. The molecule has 0 aromatic carbocycles. The van der Waals surface area contributed by atoms with E-state index in [1.807, 2.05) is 62.3 Å². The van der Waals surface area contributed by atoms with Crippen molar-refractivity contribution in [3.8, 4) is 0 Å². The van der Waals surface area contributed by atoms with E-state index < -0.39 is 156 Å². The molecule has 0 radical (unpaired) electrons. The summed E-state index contributed by atoms with van der Waals surface area (Å²) in [7, 11) is 9.89. The number of likely N-dealkylation sites (N-methyl/N-ethyl adjacent to an activating group) is 7. The lowest BCUT2D eigenvalue weighted by molar-refractivity contribution is -0.157. The van der Waals surface area contributed by atoms with Crippen molar-refractivity contribution in [3.63, 3.8) is 0 Å². The zero-order valence-electron chi connectivity index (χ0n) is 54.9. The molecule has 0 aromatic rings. The Hall–Kier alpha value is -5.91. The van der Waals surface area contributed by atoms with Gasteiger partial charge >= 0.3 is 0 Å². The number of nitrogens with one attached hydrogen (secondary N) is 4. The Bertz CT molecular complexity index is 2310. The van der Waals surface area contributed by atoms with E-state index in [1.54, 1.807) is 27.7 Å². The number of rotatable bonds is 12. The second kappa shape index (κ2) is 32.6. The van der Waals surface area contributed by atoms with Gasteiger partial charge in [-0.3, -0.25) is 52.7 Å². The lowest BCUT2D eigenvalue weighted by atomic mass is 9.93. The van der Waals surface area contributed by atoms with Crippen LogP contribution in [0.15, 0.2) is 0 Å². The molecule has 480 valence electrons. The first-order chi connectivity index (χ1) is 38.7. The van der Waals surface area contributed by atoms with Gasteiger partial charge in [0.15, 0.2) is 0 Å². The molecule has 24 nitrogen and oxygen atoms in total. The van der Waals surface area contributed by atoms with Crippen LogP contribution < -0.4 is 21.3 Å². The molecule has 2 saturated heterocycles. The van der Waals surface area contributed by atoms with Crippen molar-refractivity contribution >= 4 is 65.0 Å². The van der Waals surface area contributed by atoms with Crippen LogP contribution >= 0.6 is 0 Å². The van der Waals surface area contributed by atoms with Crippen molar-refractivity contribution in [2.75, 3.05) is 62.5 Å². The molecule has 13 atom stereocenters. The maximum Gasteiger partial charge on any atom is 0.248 e. The average molecular weight is 1190 g/mol. The maximum atomic E-state index is 15.1. The monoisotopic (exact) mass is 1190 g/mol. The van der Waals surface area contributed by atoms with Crippen molar-refractivity contribution in [3.05, 3.63) is 0 Å². The Morgan fingerprint density at radius 1 is 0.440 bits per heavy atom. The first kappa shape index (κ1) is 74.2. The Kier molecular flexibility index (Phi) is 28.8. The third kappa shape index (κ3) is 19.6. The summed E-state index contributed by atoms with van der Waals surface area (Å²) in [6.45, 7) is 27.5. The highest BCUT2D eigenvalue weighted by atomic mass is 16.5. The third-order valence-electron chi connectivity index (χ3n) is 16.2. The first-order valence-electron chi connectivity index (χ1n) is 30.1. The van der Waals surface area contributed by atoms with Crippen molar-refractivity contribution in [2.24, 2.45) is 41.4 Å². The van der Waals surface area contributed by atoms with E-state index in [0.717, 1.165) is 4.90 Å². The summed E-state index contributed by atoms with van der Waals surface area (Å²) in [5.74, 6) is -9.55. The molecule has 0 aliphatic carbocycles. The lowest BCUT2D eigenvalue weighted by Gasteiger charge is -2.41. The van der Waals surface area contributed by atoms with Gasteiger partial charge in [-0.15, -0.1) is 0 Å². The van der Waals surface area contributed by atoms with Crippen LogP contribution in [-0.4, -0.2) is 239 Å². The quantitative estimate of drug-likeness (QED) is 0.186. The summed E-state index contributed by atoms with van der Waals surface area (Å²) in [4.78, 5) is 169. The minimum absolute atomic E-state index is 0.134. The number of amides is 11. The van der Waals surface area contributed by atoms with Gasteiger partial charge in [0.25, 0.3) is 0 Å². The minimum Gasteiger partial charge on any atom is -0.391 e. The van der Waals surface area contributed by atoms with E-state index in [1.165, 1.54) is 99.5 Å². The normalized spacial score (nSPS) is 29.3. The van der Waals surface area contributed by atoms with Gasteiger partial charge in [0.2, 0.25) is 65.0 Å². The molecule has 2 aliphatic heterocycles. The number of carbonyl (C=O) groups excluding carboxylic acids is 11. The molecule has 2 rings (SSSR count). The number of carbonyl (C=O) groups is 11. The van der Waals surface area contributed by atoms with Crippen LogP contribution in [0.25, 0.3) is 0 Å². The van der Waals surface area contributed by atoms with E-state index in [9.17, 15) is 48.3 Å². The van der Waals surface area contributed by atoms with E-state index in [0.29, 0.717) is 6.42 Å². The highest BCUT2D eigenvalue weighted by molar-refractivity contribution is 5.99. The number of hydrogen-bond donors (Lipinski definition) is 5. The molecule has 24 heteroatoms. The molecule has 11 amide bonds. The topological polar surface area (TPSA) is 288 Å². The van der Waals surface area contributed by atoms with Crippen LogP contribution in [0.1, 0.15) is 143 Å². The molecular formula is C60H107N11O13. The van der Waals surface area contributed by atoms with E-state index >= 15 is 9.59 Å². The van der Waals surface area contributed by atoms with Crippen LogP contribution in [0.3, 0.4) is 0 Å². The molecule has 0 aromatic heterocycles. The minimum atomic E-state index is -1.65. The van der Waals surface area contributed by atoms with Gasteiger partial charge in [-0.1, -0.05) is 90.0 Å². The van der Waals surface area contributed by atoms with Crippen LogP contribution in [0, 0.1) is 41.4 Å². The van der Waals surface area contributed by atoms with Crippen LogP contribution in [0.2, 0.25) is 0 Å². The zero-order valence-corrected chi connectivity index (χ0v) is 54.9. The average Bonchev–Trinajstić information content (AvgIpc) is 3.94. The fraction of sp³-hybridized carbons (Fsp3) is 0.817. The Morgan fingerprint density at radius 3 is 1.30 bits per heavy atom. The zero-order chi connectivity index (χ0) is 64.8. The van der Waals surface area contributed by atoms with Crippen LogP contribution in [0.4, 0.5) is 0 Å². The predicted molar refractivity (Wildman–Crippen MR) is 319 cm³/mol. The van der Waals surface area contributed by atoms with E-state index in [2.05, 4.69) is 21.3 Å². The third-order valence-corrected chi connectivity index (χ3v) is 16.2. The highest BCUT2D eigenvalue weighted by Crippen LogP contribution is 2.29. The molecule has 0 unspecified atom stereocenters.